The van der Waals surface area contributed by atoms with E-state index in [9.17, 15) is 18.0 Å². The van der Waals surface area contributed by atoms with Crippen LogP contribution < -0.4 is 15.2 Å². The maximum absolute atomic E-state index is 12.7. The molecule has 1 heterocycles. The highest BCUT2D eigenvalue weighted by molar-refractivity contribution is 7.89. The summed E-state index contributed by atoms with van der Waals surface area (Å²) in [4.78, 5) is 24.4. The number of hydrogen-bond acceptors (Lipinski definition) is 6. The average molecular weight is 418 g/mol. The fourth-order valence-corrected chi connectivity index (χ4v) is 4.67. The van der Waals surface area contributed by atoms with Crippen LogP contribution in [0.3, 0.4) is 0 Å². The average Bonchev–Trinajstić information content (AvgIpc) is 2.74. The van der Waals surface area contributed by atoms with Gasteiger partial charge in [-0.05, 0) is 37.1 Å². The second kappa shape index (κ2) is 8.62. The van der Waals surface area contributed by atoms with Crippen LogP contribution in [0.2, 0.25) is 0 Å². The molecule has 0 aromatic heterocycles. The molecule has 154 valence electrons. The quantitative estimate of drug-likeness (QED) is 0.565. The number of primary amides is 1. The van der Waals surface area contributed by atoms with Gasteiger partial charge in [0.15, 0.2) is 0 Å². The van der Waals surface area contributed by atoms with Crippen molar-refractivity contribution in [2.75, 3.05) is 20.2 Å². The summed E-state index contributed by atoms with van der Waals surface area (Å²) in [7, 11) is -2.14. The van der Waals surface area contributed by atoms with E-state index in [1.807, 2.05) is 0 Å². The molecular formula is C20H22N2O6S. The highest BCUT2D eigenvalue weighted by Gasteiger charge is 2.33. The predicted octanol–water partition coefficient (Wildman–Crippen LogP) is 1.80. The molecule has 0 saturated carbocycles. The first kappa shape index (κ1) is 20.8. The summed E-state index contributed by atoms with van der Waals surface area (Å²) in [6.07, 6.45) is 0.640. The topological polar surface area (TPSA) is 116 Å². The van der Waals surface area contributed by atoms with Crippen LogP contribution in [0.15, 0.2) is 53.4 Å². The van der Waals surface area contributed by atoms with Gasteiger partial charge in [0.2, 0.25) is 10.0 Å². The number of carbonyl (C=O) groups excluding carboxylic acids is 2. The number of nitrogens with two attached hydrogens (primary N) is 1. The smallest absolute Gasteiger partial charge is 0.314 e. The van der Waals surface area contributed by atoms with Gasteiger partial charge in [0.1, 0.15) is 11.5 Å². The van der Waals surface area contributed by atoms with Gasteiger partial charge < -0.3 is 15.2 Å². The van der Waals surface area contributed by atoms with Crippen LogP contribution in [0.25, 0.3) is 0 Å². The zero-order chi connectivity index (χ0) is 21.0. The molecule has 8 nitrogen and oxygen atoms in total. The summed E-state index contributed by atoms with van der Waals surface area (Å²) in [6, 6.07) is 12.6. The van der Waals surface area contributed by atoms with E-state index < -0.39 is 27.8 Å². The van der Waals surface area contributed by atoms with Crippen molar-refractivity contribution in [1.29, 1.82) is 0 Å². The molecule has 1 fully saturated rings. The molecule has 2 N–H and O–H groups in total. The number of esters is 1. The van der Waals surface area contributed by atoms with Crippen LogP contribution in [-0.4, -0.2) is 44.8 Å². The third kappa shape index (κ3) is 4.57. The van der Waals surface area contributed by atoms with Crippen LogP contribution in [0.1, 0.15) is 23.2 Å². The second-order valence-electron chi connectivity index (χ2n) is 6.64. The number of methoxy groups -OCH3 is 1. The van der Waals surface area contributed by atoms with Gasteiger partial charge in [-0.25, -0.2) is 8.42 Å². The van der Waals surface area contributed by atoms with E-state index in [0.717, 1.165) is 0 Å². The number of benzene rings is 2. The van der Waals surface area contributed by atoms with E-state index in [1.54, 1.807) is 36.4 Å². The summed E-state index contributed by atoms with van der Waals surface area (Å²) in [5, 5.41) is 0. The van der Waals surface area contributed by atoms with E-state index in [2.05, 4.69) is 0 Å². The lowest BCUT2D eigenvalue weighted by atomic mass is 9.98. The Morgan fingerprint density at radius 1 is 1.07 bits per heavy atom. The molecular weight excluding hydrogens is 396 g/mol. The summed E-state index contributed by atoms with van der Waals surface area (Å²) < 4.78 is 37.2. The monoisotopic (exact) mass is 418 g/mol. The fraction of sp³-hybridized carbons (Fsp3) is 0.300. The van der Waals surface area contributed by atoms with Gasteiger partial charge in [0.05, 0.1) is 23.5 Å². The standard InChI is InChI=1S/C20H22N2O6S/c1-27-15-7-8-17(19(21)23)18(13-15)28-20(24)14-9-11-22(12-10-14)29(25,26)16-5-3-2-4-6-16/h2-8,13-14H,9-12H2,1H3,(H2,21,23). The Balaban J connectivity index is 1.68. The zero-order valence-corrected chi connectivity index (χ0v) is 16.7. The lowest BCUT2D eigenvalue weighted by Crippen LogP contribution is -2.41. The van der Waals surface area contributed by atoms with Crippen molar-refractivity contribution in [2.45, 2.75) is 17.7 Å². The van der Waals surface area contributed by atoms with Crippen LogP contribution >= 0.6 is 0 Å². The first-order chi connectivity index (χ1) is 13.8. The largest absolute Gasteiger partial charge is 0.497 e. The Morgan fingerprint density at radius 3 is 2.31 bits per heavy atom. The maximum atomic E-state index is 12.7. The highest BCUT2D eigenvalue weighted by Crippen LogP contribution is 2.28. The fourth-order valence-electron chi connectivity index (χ4n) is 3.18. The van der Waals surface area contributed by atoms with Crippen LogP contribution in [0.5, 0.6) is 11.5 Å². The molecule has 1 amide bonds. The van der Waals surface area contributed by atoms with Gasteiger partial charge in [0.25, 0.3) is 5.91 Å². The number of nitrogens with zero attached hydrogens (tertiary/aromatic N) is 1. The summed E-state index contributed by atoms with van der Waals surface area (Å²) in [6.45, 7) is 0.412. The zero-order valence-electron chi connectivity index (χ0n) is 15.9. The normalized spacial score (nSPS) is 15.6. The van der Waals surface area contributed by atoms with Gasteiger partial charge in [0, 0.05) is 19.2 Å². The molecule has 0 radical (unpaired) electrons. The number of hydrogen-bond donors (Lipinski definition) is 1. The van der Waals surface area contributed by atoms with E-state index >= 15 is 0 Å². The van der Waals surface area contributed by atoms with Gasteiger partial charge in [-0.3, -0.25) is 9.59 Å². The number of piperidine rings is 1. The Labute approximate surface area is 169 Å². The molecule has 1 saturated heterocycles. The SMILES string of the molecule is COc1ccc(C(N)=O)c(OC(=O)C2CCN(S(=O)(=O)c3ccccc3)CC2)c1. The maximum Gasteiger partial charge on any atom is 0.314 e. The Bertz CT molecular complexity index is 999. The minimum Gasteiger partial charge on any atom is -0.497 e. The molecule has 0 unspecified atom stereocenters. The number of carbonyl (C=O) groups is 2. The van der Waals surface area contributed by atoms with Crippen molar-refractivity contribution < 1.29 is 27.5 Å². The first-order valence-electron chi connectivity index (χ1n) is 9.07. The van der Waals surface area contributed by atoms with Crippen LogP contribution in [-0.2, 0) is 14.8 Å². The number of rotatable bonds is 6. The first-order valence-corrected chi connectivity index (χ1v) is 10.5. The Hall–Kier alpha value is -2.91. The van der Waals surface area contributed by atoms with Gasteiger partial charge >= 0.3 is 5.97 Å². The number of sulfonamides is 1. The van der Waals surface area contributed by atoms with Crippen LogP contribution in [0.4, 0.5) is 0 Å². The van der Waals surface area contributed by atoms with Crippen molar-refractivity contribution in [3.8, 4) is 11.5 Å². The number of amides is 1. The Kier molecular flexibility index (Phi) is 6.19. The summed E-state index contributed by atoms with van der Waals surface area (Å²) >= 11 is 0. The Morgan fingerprint density at radius 2 is 1.72 bits per heavy atom. The summed E-state index contributed by atoms with van der Waals surface area (Å²) in [5.74, 6) is -1.29. The lowest BCUT2D eigenvalue weighted by Gasteiger charge is -2.30. The van der Waals surface area contributed by atoms with Gasteiger partial charge in [-0.1, -0.05) is 18.2 Å². The molecule has 0 spiro atoms. The van der Waals surface area contributed by atoms with Crippen molar-refractivity contribution in [2.24, 2.45) is 11.7 Å². The highest BCUT2D eigenvalue weighted by atomic mass is 32.2. The molecule has 2 aromatic rings. The minimum atomic E-state index is -3.59. The molecule has 0 atom stereocenters. The molecule has 2 aromatic carbocycles. The van der Waals surface area contributed by atoms with E-state index in [1.165, 1.54) is 23.5 Å². The van der Waals surface area contributed by atoms with Crippen molar-refractivity contribution >= 4 is 21.9 Å². The molecule has 1 aliphatic heterocycles. The predicted molar refractivity (Wildman–Crippen MR) is 105 cm³/mol. The van der Waals surface area contributed by atoms with Gasteiger partial charge in [-0.15, -0.1) is 0 Å². The van der Waals surface area contributed by atoms with Crippen molar-refractivity contribution in [3.05, 3.63) is 54.1 Å². The second-order valence-corrected chi connectivity index (χ2v) is 8.58. The van der Waals surface area contributed by atoms with Crippen molar-refractivity contribution in [3.63, 3.8) is 0 Å². The van der Waals surface area contributed by atoms with Crippen molar-refractivity contribution in [1.82, 2.24) is 4.31 Å². The van der Waals surface area contributed by atoms with E-state index in [0.29, 0.717) is 18.6 Å². The lowest BCUT2D eigenvalue weighted by molar-refractivity contribution is -0.140. The molecule has 0 aliphatic carbocycles. The third-order valence-electron chi connectivity index (χ3n) is 4.83. The minimum absolute atomic E-state index is 0.0289. The molecule has 1 aliphatic rings. The molecule has 0 bridgehead atoms. The van der Waals surface area contributed by atoms with Gasteiger partial charge in [-0.2, -0.15) is 4.31 Å². The van der Waals surface area contributed by atoms with E-state index in [-0.39, 0.29) is 29.3 Å². The summed E-state index contributed by atoms with van der Waals surface area (Å²) in [5.41, 5.74) is 5.41. The molecule has 9 heteroatoms. The number of ether oxygens (including phenoxy) is 2. The molecule has 3 rings (SSSR count). The van der Waals surface area contributed by atoms with E-state index in [4.69, 9.17) is 15.2 Å². The third-order valence-corrected chi connectivity index (χ3v) is 6.75. The van der Waals surface area contributed by atoms with Crippen LogP contribution in [0, 0.1) is 5.92 Å². The molecule has 29 heavy (non-hydrogen) atoms.